The highest BCUT2D eigenvalue weighted by molar-refractivity contribution is 5.90. The van der Waals surface area contributed by atoms with Crippen LogP contribution in [-0.2, 0) is 4.79 Å². The van der Waals surface area contributed by atoms with Gasteiger partial charge < -0.3 is 14.8 Å². The molecule has 2 aromatic carbocycles. The molecule has 0 aliphatic carbocycles. The van der Waals surface area contributed by atoms with E-state index in [4.69, 9.17) is 9.47 Å². The Morgan fingerprint density at radius 3 is 2.59 bits per heavy atom. The molecule has 1 heterocycles. The summed E-state index contributed by atoms with van der Waals surface area (Å²) in [6.45, 7) is 6.40. The summed E-state index contributed by atoms with van der Waals surface area (Å²) in [6.07, 6.45) is 0.489. The summed E-state index contributed by atoms with van der Waals surface area (Å²) >= 11 is 0. The van der Waals surface area contributed by atoms with Gasteiger partial charge in [0.15, 0.2) is 5.82 Å². The number of carbonyl (C=O) groups is 1. The van der Waals surface area contributed by atoms with E-state index in [2.05, 4.69) is 15.4 Å². The number of aromatic nitrogens is 3. The lowest BCUT2D eigenvalue weighted by molar-refractivity contribution is -0.116. The topological polar surface area (TPSA) is 78.3 Å². The predicted octanol–water partition coefficient (Wildman–Crippen LogP) is 4.33. The molecule has 152 valence electrons. The summed E-state index contributed by atoms with van der Waals surface area (Å²) in [5, 5.41) is 7.40. The molecule has 0 saturated heterocycles. The number of nitrogens with one attached hydrogen (secondary N) is 1. The summed E-state index contributed by atoms with van der Waals surface area (Å²) < 4.78 is 12.6. The van der Waals surface area contributed by atoms with Crippen molar-refractivity contribution < 1.29 is 14.3 Å². The first-order chi connectivity index (χ1) is 14.0. The van der Waals surface area contributed by atoms with Crippen molar-refractivity contribution in [3.63, 3.8) is 0 Å². The van der Waals surface area contributed by atoms with Gasteiger partial charge in [-0.25, -0.2) is 4.68 Å². The molecule has 3 rings (SSSR count). The number of nitrogens with zero attached hydrogens (tertiary/aromatic N) is 3. The molecule has 0 radical (unpaired) electrons. The fourth-order valence-electron chi connectivity index (χ4n) is 2.88. The molecule has 1 N–H and O–H groups in total. The minimum Gasteiger partial charge on any atom is -0.497 e. The average Bonchev–Trinajstić information content (AvgIpc) is 3.12. The second kappa shape index (κ2) is 9.23. The SMILES string of the molecule is CCOc1nc(-c2cccc(OC)c2)n(-c2ccc(NC(=O)CC(C)C)cc2)n1. The molecule has 0 spiro atoms. The van der Waals surface area contributed by atoms with Crippen LogP contribution in [-0.4, -0.2) is 34.4 Å². The Labute approximate surface area is 170 Å². The minimum absolute atomic E-state index is 0.00390. The van der Waals surface area contributed by atoms with E-state index in [9.17, 15) is 4.79 Å². The summed E-state index contributed by atoms with van der Waals surface area (Å²) in [5.41, 5.74) is 2.41. The van der Waals surface area contributed by atoms with Crippen LogP contribution < -0.4 is 14.8 Å². The molecule has 0 aliphatic heterocycles. The van der Waals surface area contributed by atoms with Crippen molar-refractivity contribution in [2.75, 3.05) is 19.0 Å². The van der Waals surface area contributed by atoms with Crippen molar-refractivity contribution in [2.45, 2.75) is 27.2 Å². The lowest BCUT2D eigenvalue weighted by Crippen LogP contribution is -2.13. The Balaban J connectivity index is 1.92. The number of benzene rings is 2. The molecule has 29 heavy (non-hydrogen) atoms. The van der Waals surface area contributed by atoms with Gasteiger partial charge in [-0.05, 0) is 49.2 Å². The fraction of sp³-hybridized carbons (Fsp3) is 0.318. The molecule has 0 atom stereocenters. The number of anilines is 1. The molecule has 0 aliphatic rings. The number of ether oxygens (including phenoxy) is 2. The third-order valence-corrected chi connectivity index (χ3v) is 4.18. The van der Waals surface area contributed by atoms with E-state index in [1.165, 1.54) is 0 Å². The molecule has 0 saturated carbocycles. The average molecular weight is 394 g/mol. The van der Waals surface area contributed by atoms with Gasteiger partial charge in [0.2, 0.25) is 5.91 Å². The van der Waals surface area contributed by atoms with Crippen LogP contribution in [0, 0.1) is 5.92 Å². The molecular formula is C22H26N4O3. The first-order valence-corrected chi connectivity index (χ1v) is 9.64. The Bertz CT molecular complexity index is 964. The van der Waals surface area contributed by atoms with Crippen molar-refractivity contribution in [3.05, 3.63) is 48.5 Å². The molecule has 0 fully saturated rings. The summed E-state index contributed by atoms with van der Waals surface area (Å²) in [6, 6.07) is 15.4. The van der Waals surface area contributed by atoms with Crippen LogP contribution in [0.3, 0.4) is 0 Å². The quantitative estimate of drug-likeness (QED) is 0.615. The lowest BCUT2D eigenvalue weighted by atomic mass is 10.1. The van der Waals surface area contributed by atoms with Crippen molar-refractivity contribution in [1.29, 1.82) is 0 Å². The summed E-state index contributed by atoms with van der Waals surface area (Å²) in [7, 11) is 1.63. The maximum Gasteiger partial charge on any atom is 0.336 e. The number of rotatable bonds is 8. The van der Waals surface area contributed by atoms with Gasteiger partial charge in [-0.15, -0.1) is 5.10 Å². The van der Waals surface area contributed by atoms with Gasteiger partial charge in [-0.3, -0.25) is 4.79 Å². The van der Waals surface area contributed by atoms with Gasteiger partial charge in [0.05, 0.1) is 19.4 Å². The van der Waals surface area contributed by atoms with Crippen LogP contribution in [0.2, 0.25) is 0 Å². The first kappa shape index (κ1) is 20.4. The van der Waals surface area contributed by atoms with Crippen LogP contribution in [0.1, 0.15) is 27.2 Å². The normalized spacial score (nSPS) is 10.8. The van der Waals surface area contributed by atoms with Gasteiger partial charge in [0.1, 0.15) is 5.75 Å². The smallest absolute Gasteiger partial charge is 0.336 e. The van der Waals surface area contributed by atoms with E-state index < -0.39 is 0 Å². The summed E-state index contributed by atoms with van der Waals surface area (Å²) in [5.74, 6) is 1.69. The van der Waals surface area contributed by atoms with Crippen molar-refractivity contribution >= 4 is 11.6 Å². The number of carbonyl (C=O) groups excluding carboxylic acids is 1. The Hall–Kier alpha value is -3.35. The van der Waals surface area contributed by atoms with Crippen LogP contribution in [0.25, 0.3) is 17.1 Å². The van der Waals surface area contributed by atoms with E-state index in [-0.39, 0.29) is 5.91 Å². The van der Waals surface area contributed by atoms with Gasteiger partial charge in [-0.1, -0.05) is 26.0 Å². The monoisotopic (exact) mass is 394 g/mol. The highest BCUT2D eigenvalue weighted by atomic mass is 16.5. The minimum atomic E-state index is 0.00390. The zero-order chi connectivity index (χ0) is 20.8. The number of methoxy groups -OCH3 is 1. The predicted molar refractivity (Wildman–Crippen MR) is 113 cm³/mol. The molecule has 1 amide bonds. The van der Waals surface area contributed by atoms with Crippen LogP contribution in [0.5, 0.6) is 11.8 Å². The van der Waals surface area contributed by atoms with E-state index in [1.807, 2.05) is 69.3 Å². The highest BCUT2D eigenvalue weighted by Crippen LogP contribution is 2.27. The zero-order valence-electron chi connectivity index (χ0n) is 17.2. The first-order valence-electron chi connectivity index (χ1n) is 9.64. The third kappa shape index (κ3) is 5.13. The van der Waals surface area contributed by atoms with E-state index >= 15 is 0 Å². The molecule has 1 aromatic heterocycles. The highest BCUT2D eigenvalue weighted by Gasteiger charge is 2.15. The second-order valence-corrected chi connectivity index (χ2v) is 6.99. The number of amides is 1. The van der Waals surface area contributed by atoms with E-state index in [0.29, 0.717) is 30.8 Å². The van der Waals surface area contributed by atoms with Gasteiger partial charge in [-0.2, -0.15) is 4.98 Å². The Kier molecular flexibility index (Phi) is 6.49. The molecule has 7 nitrogen and oxygen atoms in total. The van der Waals surface area contributed by atoms with Gasteiger partial charge >= 0.3 is 6.01 Å². The number of hydrogen-bond acceptors (Lipinski definition) is 5. The molecule has 3 aromatic rings. The standard InChI is InChI=1S/C22H26N4O3/c1-5-29-22-24-21(16-7-6-8-19(14-16)28-4)26(25-22)18-11-9-17(10-12-18)23-20(27)13-15(2)3/h6-12,14-15H,5,13H2,1-4H3,(H,23,27). The largest absolute Gasteiger partial charge is 0.497 e. The summed E-state index contributed by atoms with van der Waals surface area (Å²) in [4.78, 5) is 16.5. The zero-order valence-corrected chi connectivity index (χ0v) is 17.2. The van der Waals surface area contributed by atoms with E-state index in [1.54, 1.807) is 11.8 Å². The van der Waals surface area contributed by atoms with E-state index in [0.717, 1.165) is 22.7 Å². The van der Waals surface area contributed by atoms with Gasteiger partial charge in [0, 0.05) is 17.7 Å². The Morgan fingerprint density at radius 2 is 1.93 bits per heavy atom. The fourth-order valence-corrected chi connectivity index (χ4v) is 2.88. The molecular weight excluding hydrogens is 368 g/mol. The van der Waals surface area contributed by atoms with Crippen molar-refractivity contribution in [1.82, 2.24) is 14.8 Å². The van der Waals surface area contributed by atoms with Crippen LogP contribution >= 0.6 is 0 Å². The maximum atomic E-state index is 12.0. The maximum absolute atomic E-state index is 12.0. The second-order valence-electron chi connectivity index (χ2n) is 6.99. The Morgan fingerprint density at radius 1 is 1.17 bits per heavy atom. The third-order valence-electron chi connectivity index (χ3n) is 4.18. The lowest BCUT2D eigenvalue weighted by Gasteiger charge is -2.10. The van der Waals surface area contributed by atoms with Crippen LogP contribution in [0.4, 0.5) is 5.69 Å². The van der Waals surface area contributed by atoms with Crippen molar-refractivity contribution in [3.8, 4) is 28.8 Å². The molecule has 7 heteroatoms. The molecule has 0 unspecified atom stereocenters. The van der Waals surface area contributed by atoms with Gasteiger partial charge in [0.25, 0.3) is 0 Å². The van der Waals surface area contributed by atoms with Crippen LogP contribution in [0.15, 0.2) is 48.5 Å². The number of hydrogen-bond donors (Lipinski definition) is 1. The molecule has 0 bridgehead atoms. The van der Waals surface area contributed by atoms with Crippen molar-refractivity contribution in [2.24, 2.45) is 5.92 Å².